The summed E-state index contributed by atoms with van der Waals surface area (Å²) in [6.07, 6.45) is -5.03. The molecule has 5 nitrogen and oxygen atoms in total. The minimum atomic E-state index is -5.03. The number of alkyl halides is 3. The van der Waals surface area contributed by atoms with E-state index in [0.29, 0.717) is 10.9 Å². The number of aliphatic imine (C=N–C) groups is 1. The largest absolute Gasteiger partial charge is 0.425 e. The second kappa shape index (κ2) is 7.57. The maximum absolute atomic E-state index is 13.8. The summed E-state index contributed by atoms with van der Waals surface area (Å²) in [5, 5.41) is 11.0. The van der Waals surface area contributed by atoms with E-state index in [4.69, 9.17) is 0 Å². The van der Waals surface area contributed by atoms with Crippen LogP contribution in [0.2, 0.25) is 0 Å². The second-order valence-electron chi connectivity index (χ2n) is 6.18. The van der Waals surface area contributed by atoms with Crippen molar-refractivity contribution in [2.45, 2.75) is 11.8 Å². The number of aromatic amines is 1. The molecule has 0 aliphatic rings. The molecule has 0 radical (unpaired) electrons. The second-order valence-corrected chi connectivity index (χ2v) is 6.18. The highest BCUT2D eigenvalue weighted by Crippen LogP contribution is 2.36. The zero-order chi connectivity index (χ0) is 20.4. The van der Waals surface area contributed by atoms with Gasteiger partial charge in [-0.05, 0) is 23.8 Å². The van der Waals surface area contributed by atoms with Crippen LogP contribution in [-0.2, 0) is 4.74 Å². The lowest BCUT2D eigenvalue weighted by atomic mass is 9.91. The van der Waals surface area contributed by atoms with Gasteiger partial charge in [0.2, 0.25) is 11.2 Å². The van der Waals surface area contributed by atoms with E-state index in [-0.39, 0.29) is 16.8 Å². The number of nitrogens with zero attached hydrogens (tertiary/aromatic N) is 1. The predicted molar refractivity (Wildman–Crippen MR) is 100 cm³/mol. The molecular formula is C20H17F3N2O3. The summed E-state index contributed by atoms with van der Waals surface area (Å²) >= 11 is 0. The number of benzene rings is 2. The van der Waals surface area contributed by atoms with Crippen molar-refractivity contribution in [1.82, 2.24) is 4.98 Å². The van der Waals surface area contributed by atoms with Crippen molar-refractivity contribution in [3.05, 3.63) is 76.6 Å². The van der Waals surface area contributed by atoms with Crippen LogP contribution >= 0.6 is 0 Å². The molecule has 2 N–H and O–H groups in total. The molecule has 8 heteroatoms. The van der Waals surface area contributed by atoms with Gasteiger partial charge < -0.3 is 14.8 Å². The van der Waals surface area contributed by atoms with Gasteiger partial charge in [-0.2, -0.15) is 13.2 Å². The average molecular weight is 390 g/mol. The molecular weight excluding hydrogens is 373 g/mol. The number of aliphatic hydroxyl groups is 1. The molecule has 0 bridgehead atoms. The number of halogens is 3. The van der Waals surface area contributed by atoms with E-state index in [1.54, 1.807) is 30.3 Å². The molecule has 1 aromatic heterocycles. The fraction of sp³-hybridized carbons (Fsp3) is 0.200. The van der Waals surface area contributed by atoms with Gasteiger partial charge in [-0.15, -0.1) is 0 Å². The van der Waals surface area contributed by atoms with E-state index >= 15 is 0 Å². The maximum atomic E-state index is 13.8. The molecule has 0 saturated heterocycles. The number of aromatic nitrogens is 1. The van der Waals surface area contributed by atoms with Gasteiger partial charge in [0.15, 0.2) is 0 Å². The molecule has 2 aromatic carbocycles. The molecule has 0 fully saturated rings. The Morgan fingerprint density at radius 2 is 1.79 bits per heavy atom. The highest BCUT2D eigenvalue weighted by Gasteiger charge is 2.58. The van der Waals surface area contributed by atoms with Gasteiger partial charge in [-0.3, -0.25) is 4.79 Å². The number of hydrogen-bond acceptors (Lipinski definition) is 4. The van der Waals surface area contributed by atoms with Crippen molar-refractivity contribution in [1.29, 1.82) is 0 Å². The van der Waals surface area contributed by atoms with Crippen LogP contribution in [0.3, 0.4) is 0 Å². The van der Waals surface area contributed by atoms with Crippen LogP contribution in [0.15, 0.2) is 70.5 Å². The van der Waals surface area contributed by atoms with Gasteiger partial charge in [0.25, 0.3) is 0 Å². The fourth-order valence-electron chi connectivity index (χ4n) is 2.87. The molecule has 0 aliphatic carbocycles. The van der Waals surface area contributed by atoms with Gasteiger partial charge in [-0.25, -0.2) is 4.99 Å². The number of methoxy groups -OCH3 is 1. The summed E-state index contributed by atoms with van der Waals surface area (Å²) < 4.78 is 46.2. The van der Waals surface area contributed by atoms with Crippen molar-refractivity contribution < 1.29 is 23.0 Å². The van der Waals surface area contributed by atoms with Gasteiger partial charge in [0, 0.05) is 18.6 Å². The Bertz CT molecular complexity index is 1060. The molecule has 0 spiro atoms. The number of nitrogens with one attached hydrogen (secondary N) is 1. The number of fused-ring (bicyclic) bond motifs is 1. The normalized spacial score (nSPS) is 14.8. The van der Waals surface area contributed by atoms with Crippen molar-refractivity contribution in [3.63, 3.8) is 0 Å². The van der Waals surface area contributed by atoms with Gasteiger partial charge in [-0.1, -0.05) is 36.4 Å². The zero-order valence-electron chi connectivity index (χ0n) is 14.8. The molecule has 0 saturated carbocycles. The lowest BCUT2D eigenvalue weighted by Crippen LogP contribution is -2.55. The molecule has 0 amide bonds. The zero-order valence-corrected chi connectivity index (χ0v) is 14.8. The highest BCUT2D eigenvalue weighted by molar-refractivity contribution is 6.10. The molecule has 146 valence electrons. The number of hydrogen-bond donors (Lipinski definition) is 2. The Morgan fingerprint density at radius 1 is 1.07 bits per heavy atom. The van der Waals surface area contributed by atoms with E-state index in [0.717, 1.165) is 7.11 Å². The van der Waals surface area contributed by atoms with Crippen LogP contribution in [0.25, 0.3) is 10.9 Å². The first-order valence-electron chi connectivity index (χ1n) is 8.31. The fourth-order valence-corrected chi connectivity index (χ4v) is 2.87. The van der Waals surface area contributed by atoms with Crippen LogP contribution < -0.4 is 5.56 Å². The first-order valence-corrected chi connectivity index (χ1v) is 8.31. The first kappa shape index (κ1) is 19.8. The third-order valence-corrected chi connectivity index (χ3v) is 4.24. The lowest BCUT2D eigenvalue weighted by molar-refractivity contribution is -0.242. The van der Waals surface area contributed by atoms with E-state index < -0.39 is 24.1 Å². The van der Waals surface area contributed by atoms with Crippen molar-refractivity contribution >= 4 is 22.3 Å². The third kappa shape index (κ3) is 3.69. The molecule has 1 heterocycles. The molecule has 0 aliphatic heterocycles. The number of H-pyrrole nitrogens is 1. The Labute approximate surface area is 158 Å². The summed E-state index contributed by atoms with van der Waals surface area (Å²) in [7, 11) is 1.07. The smallest absolute Gasteiger partial charge is 0.381 e. The summed E-state index contributed by atoms with van der Waals surface area (Å²) in [6.45, 7) is -1.02. The molecule has 3 rings (SSSR count). The van der Waals surface area contributed by atoms with E-state index in [9.17, 15) is 23.1 Å². The summed E-state index contributed by atoms with van der Waals surface area (Å²) in [6, 6.07) is 15.0. The van der Waals surface area contributed by atoms with Crippen molar-refractivity contribution in [2.24, 2.45) is 4.99 Å². The van der Waals surface area contributed by atoms with Crippen molar-refractivity contribution in [3.8, 4) is 0 Å². The summed E-state index contributed by atoms with van der Waals surface area (Å²) in [5.41, 5.74) is -3.58. The van der Waals surface area contributed by atoms with E-state index in [2.05, 4.69) is 14.7 Å². The van der Waals surface area contributed by atoms with Crippen LogP contribution in [0.1, 0.15) is 5.56 Å². The van der Waals surface area contributed by atoms with Crippen LogP contribution in [0, 0.1) is 0 Å². The molecule has 28 heavy (non-hydrogen) atoms. The number of pyridine rings is 1. The van der Waals surface area contributed by atoms with Gasteiger partial charge >= 0.3 is 6.18 Å². The predicted octanol–water partition coefficient (Wildman–Crippen LogP) is 3.59. The maximum Gasteiger partial charge on any atom is 0.425 e. The topological polar surface area (TPSA) is 74.7 Å². The summed E-state index contributed by atoms with van der Waals surface area (Å²) in [4.78, 5) is 18.3. The third-order valence-electron chi connectivity index (χ3n) is 4.24. The lowest BCUT2D eigenvalue weighted by Gasteiger charge is -2.31. The van der Waals surface area contributed by atoms with E-state index in [1.165, 1.54) is 30.3 Å². The standard InChI is InChI=1S/C20H17F3N2O3/c1-28-12-19(27,20(21,22)23)18(13-6-3-2-4-7-13)25-16-9-5-8-15-14(16)10-11-17(26)24-15/h2-11,27H,12H2,1H3,(H,24,26)/b25-18-. The van der Waals surface area contributed by atoms with Gasteiger partial charge in [0.05, 0.1) is 23.5 Å². The Balaban J connectivity index is 2.31. The molecule has 1 atom stereocenters. The number of rotatable bonds is 5. The van der Waals surface area contributed by atoms with Crippen LogP contribution in [0.5, 0.6) is 0 Å². The average Bonchev–Trinajstić information content (AvgIpc) is 2.65. The Hall–Kier alpha value is -2.97. The van der Waals surface area contributed by atoms with Crippen LogP contribution in [0.4, 0.5) is 18.9 Å². The monoisotopic (exact) mass is 390 g/mol. The highest BCUT2D eigenvalue weighted by atomic mass is 19.4. The SMILES string of the molecule is COCC(O)(/C(=N\c1cccc2[nH]c(=O)ccc12)c1ccccc1)C(F)(F)F. The molecule has 3 aromatic rings. The van der Waals surface area contributed by atoms with E-state index in [1.807, 2.05) is 0 Å². The Kier molecular flexibility index (Phi) is 5.35. The molecule has 1 unspecified atom stereocenters. The van der Waals surface area contributed by atoms with Crippen molar-refractivity contribution in [2.75, 3.05) is 13.7 Å². The van der Waals surface area contributed by atoms with Gasteiger partial charge in [0.1, 0.15) is 0 Å². The quantitative estimate of drug-likeness (QED) is 0.654. The van der Waals surface area contributed by atoms with Crippen LogP contribution in [-0.4, -0.2) is 41.3 Å². The Morgan fingerprint density at radius 3 is 2.43 bits per heavy atom. The first-order chi connectivity index (χ1) is 13.3. The number of ether oxygens (including phenoxy) is 1. The summed E-state index contributed by atoms with van der Waals surface area (Å²) in [5.74, 6) is 0. The minimum absolute atomic E-state index is 0.0980. The minimum Gasteiger partial charge on any atom is -0.381 e.